The Morgan fingerprint density at radius 3 is 2.64 bits per heavy atom. The van der Waals surface area contributed by atoms with Crippen LogP contribution in [0.3, 0.4) is 0 Å². The first-order valence-electron chi connectivity index (χ1n) is 9.28. The maximum Gasteiger partial charge on any atom is 0.255 e. The van der Waals surface area contributed by atoms with Gasteiger partial charge in [0.15, 0.2) is 0 Å². The van der Waals surface area contributed by atoms with E-state index >= 15 is 0 Å². The lowest BCUT2D eigenvalue weighted by Crippen LogP contribution is -2.36. The second-order valence-electron chi connectivity index (χ2n) is 7.00. The lowest BCUT2D eigenvalue weighted by Gasteiger charge is -2.16. The van der Waals surface area contributed by atoms with Gasteiger partial charge in [-0.05, 0) is 50.5 Å². The number of aromatic nitrogens is 3. The van der Waals surface area contributed by atoms with E-state index in [1.807, 2.05) is 25.1 Å². The molecule has 6 heteroatoms. The number of nitrogens with zero attached hydrogens (tertiary/aromatic N) is 2. The molecular weight excluding hydrogens is 352 g/mol. The third kappa shape index (κ3) is 4.71. The van der Waals surface area contributed by atoms with Gasteiger partial charge < -0.3 is 10.3 Å². The number of amides is 1. The summed E-state index contributed by atoms with van der Waals surface area (Å²) in [6.45, 7) is 5.77. The van der Waals surface area contributed by atoms with Gasteiger partial charge in [-0.1, -0.05) is 24.3 Å². The first-order chi connectivity index (χ1) is 13.4. The molecule has 2 N–H and O–H groups in total. The normalized spacial score (nSPS) is 11.8. The smallest absolute Gasteiger partial charge is 0.255 e. The van der Waals surface area contributed by atoms with Crippen LogP contribution in [0, 0.1) is 13.8 Å². The van der Waals surface area contributed by atoms with Gasteiger partial charge in [0.05, 0.1) is 6.42 Å². The van der Waals surface area contributed by atoms with Crippen molar-refractivity contribution in [2.45, 2.75) is 39.7 Å². The Morgan fingerprint density at radius 1 is 1.18 bits per heavy atom. The lowest BCUT2D eigenvalue weighted by atomic mass is 10.0. The third-order valence-electron chi connectivity index (χ3n) is 4.69. The lowest BCUT2D eigenvalue weighted by molar-refractivity contribution is -0.121. The number of carbonyl (C=O) groups excluding carboxylic acids is 1. The number of rotatable bonds is 6. The van der Waals surface area contributed by atoms with Crippen molar-refractivity contribution in [2.24, 2.45) is 0 Å². The molecule has 2 heterocycles. The maximum absolute atomic E-state index is 12.5. The molecule has 2 aromatic heterocycles. The molecule has 28 heavy (non-hydrogen) atoms. The van der Waals surface area contributed by atoms with E-state index in [2.05, 4.69) is 39.3 Å². The SMILES string of the molecule is Cc1ccccc1C[C@H](C)NC(=O)Cc1c(C)nc(-c2cccnc2)[nH]c1=O. The van der Waals surface area contributed by atoms with Crippen LogP contribution in [0.1, 0.15) is 29.3 Å². The number of H-pyrrole nitrogens is 1. The van der Waals surface area contributed by atoms with Crippen LogP contribution >= 0.6 is 0 Å². The molecule has 0 fully saturated rings. The molecule has 1 aromatic carbocycles. The number of hydrogen-bond acceptors (Lipinski definition) is 4. The van der Waals surface area contributed by atoms with Gasteiger partial charge in [-0.3, -0.25) is 14.6 Å². The summed E-state index contributed by atoms with van der Waals surface area (Å²) < 4.78 is 0. The third-order valence-corrected chi connectivity index (χ3v) is 4.69. The van der Waals surface area contributed by atoms with Crippen LogP contribution in [0.15, 0.2) is 53.6 Å². The minimum atomic E-state index is -0.298. The molecule has 0 aliphatic carbocycles. The van der Waals surface area contributed by atoms with Crippen molar-refractivity contribution in [2.75, 3.05) is 0 Å². The van der Waals surface area contributed by atoms with Crippen molar-refractivity contribution >= 4 is 5.91 Å². The van der Waals surface area contributed by atoms with Gasteiger partial charge in [-0.2, -0.15) is 0 Å². The van der Waals surface area contributed by atoms with E-state index in [1.54, 1.807) is 25.4 Å². The summed E-state index contributed by atoms with van der Waals surface area (Å²) in [6, 6.07) is 11.7. The summed E-state index contributed by atoms with van der Waals surface area (Å²) in [7, 11) is 0. The predicted molar refractivity (Wildman–Crippen MR) is 109 cm³/mol. The molecule has 0 unspecified atom stereocenters. The zero-order valence-corrected chi connectivity index (χ0v) is 16.3. The second kappa shape index (κ2) is 8.61. The highest BCUT2D eigenvalue weighted by molar-refractivity contribution is 5.79. The van der Waals surface area contributed by atoms with Gasteiger partial charge >= 0.3 is 0 Å². The Morgan fingerprint density at radius 2 is 1.96 bits per heavy atom. The Labute approximate surface area is 164 Å². The number of aryl methyl sites for hydroxylation is 2. The molecule has 0 saturated carbocycles. The van der Waals surface area contributed by atoms with E-state index in [1.165, 1.54) is 11.1 Å². The minimum absolute atomic E-state index is 0.000399. The molecule has 0 aliphatic heterocycles. The van der Waals surface area contributed by atoms with Gasteiger partial charge in [0.1, 0.15) is 5.82 Å². The fourth-order valence-corrected chi connectivity index (χ4v) is 3.16. The summed E-state index contributed by atoms with van der Waals surface area (Å²) >= 11 is 0. The van der Waals surface area contributed by atoms with E-state index < -0.39 is 0 Å². The van der Waals surface area contributed by atoms with Crippen molar-refractivity contribution in [3.8, 4) is 11.4 Å². The van der Waals surface area contributed by atoms with Gasteiger partial charge in [0, 0.05) is 35.3 Å². The van der Waals surface area contributed by atoms with E-state index in [9.17, 15) is 9.59 Å². The number of pyridine rings is 1. The molecule has 0 spiro atoms. The number of benzene rings is 1. The van der Waals surface area contributed by atoms with E-state index in [0.717, 1.165) is 12.0 Å². The Balaban J connectivity index is 1.68. The zero-order chi connectivity index (χ0) is 20.1. The number of hydrogen-bond donors (Lipinski definition) is 2. The molecule has 0 aliphatic rings. The van der Waals surface area contributed by atoms with Crippen molar-refractivity contribution in [1.29, 1.82) is 0 Å². The Bertz CT molecular complexity index is 1030. The molecule has 0 radical (unpaired) electrons. The minimum Gasteiger partial charge on any atom is -0.353 e. The van der Waals surface area contributed by atoms with E-state index in [4.69, 9.17) is 0 Å². The van der Waals surface area contributed by atoms with Gasteiger partial charge in [0.25, 0.3) is 5.56 Å². The van der Waals surface area contributed by atoms with Crippen molar-refractivity contribution in [1.82, 2.24) is 20.3 Å². The van der Waals surface area contributed by atoms with E-state index in [-0.39, 0.29) is 23.9 Å². The standard InChI is InChI=1S/C22H24N4O2/c1-14-7-4-5-8-17(14)11-15(2)24-20(27)12-19-16(3)25-21(26-22(19)28)18-9-6-10-23-13-18/h4-10,13,15H,11-12H2,1-3H3,(H,24,27)(H,25,26,28)/t15-/m0/s1. The first kappa shape index (κ1) is 19.5. The first-order valence-corrected chi connectivity index (χ1v) is 9.28. The quantitative estimate of drug-likeness (QED) is 0.692. The molecular formula is C22H24N4O2. The highest BCUT2D eigenvalue weighted by Crippen LogP contribution is 2.13. The van der Waals surface area contributed by atoms with Crippen LogP contribution in [0.5, 0.6) is 0 Å². The molecule has 1 amide bonds. The fourth-order valence-electron chi connectivity index (χ4n) is 3.16. The molecule has 6 nitrogen and oxygen atoms in total. The highest BCUT2D eigenvalue weighted by Gasteiger charge is 2.15. The van der Waals surface area contributed by atoms with Crippen LogP contribution < -0.4 is 10.9 Å². The fraction of sp³-hybridized carbons (Fsp3) is 0.273. The van der Waals surface area contributed by atoms with Crippen LogP contribution in [0.4, 0.5) is 0 Å². The summed E-state index contributed by atoms with van der Waals surface area (Å²) in [4.78, 5) is 36.2. The maximum atomic E-state index is 12.5. The van der Waals surface area contributed by atoms with Crippen molar-refractivity contribution < 1.29 is 4.79 Å². The number of nitrogens with one attached hydrogen (secondary N) is 2. The summed E-state index contributed by atoms with van der Waals surface area (Å²) in [5, 5.41) is 2.98. The Kier molecular flexibility index (Phi) is 5.99. The van der Waals surface area contributed by atoms with Crippen molar-refractivity contribution in [3.63, 3.8) is 0 Å². The summed E-state index contributed by atoms with van der Waals surface area (Å²) in [5.74, 6) is 0.262. The zero-order valence-electron chi connectivity index (χ0n) is 16.3. The van der Waals surface area contributed by atoms with Gasteiger partial charge in [0.2, 0.25) is 5.91 Å². The number of carbonyl (C=O) groups is 1. The summed E-state index contributed by atoms with van der Waals surface area (Å²) in [6.07, 6.45) is 4.04. The molecule has 1 atom stereocenters. The Hall–Kier alpha value is -3.28. The largest absolute Gasteiger partial charge is 0.353 e. The topological polar surface area (TPSA) is 87.7 Å². The highest BCUT2D eigenvalue weighted by atomic mass is 16.2. The molecule has 3 rings (SSSR count). The van der Waals surface area contributed by atoms with Gasteiger partial charge in [-0.25, -0.2) is 4.98 Å². The van der Waals surface area contributed by atoms with E-state index in [0.29, 0.717) is 17.1 Å². The number of aromatic amines is 1. The average molecular weight is 376 g/mol. The van der Waals surface area contributed by atoms with Crippen LogP contribution in [0.25, 0.3) is 11.4 Å². The molecule has 144 valence electrons. The van der Waals surface area contributed by atoms with Gasteiger partial charge in [-0.15, -0.1) is 0 Å². The van der Waals surface area contributed by atoms with Crippen LogP contribution in [0.2, 0.25) is 0 Å². The van der Waals surface area contributed by atoms with Crippen LogP contribution in [-0.4, -0.2) is 26.9 Å². The average Bonchev–Trinajstić information content (AvgIpc) is 2.67. The second-order valence-corrected chi connectivity index (χ2v) is 7.00. The molecule has 0 saturated heterocycles. The van der Waals surface area contributed by atoms with Crippen LogP contribution in [-0.2, 0) is 17.6 Å². The summed E-state index contributed by atoms with van der Waals surface area (Å²) in [5.41, 5.74) is 3.76. The monoisotopic (exact) mass is 376 g/mol. The molecule has 3 aromatic rings. The van der Waals surface area contributed by atoms with Crippen molar-refractivity contribution in [3.05, 3.63) is 81.5 Å². The predicted octanol–water partition coefficient (Wildman–Crippen LogP) is 2.74. The molecule has 0 bridgehead atoms.